The van der Waals surface area contributed by atoms with Crippen molar-refractivity contribution in [3.05, 3.63) is 59.9 Å². The Labute approximate surface area is 121 Å². The van der Waals surface area contributed by atoms with Crippen LogP contribution in [0.1, 0.15) is 10.4 Å². The zero-order valence-electron chi connectivity index (χ0n) is 11.0. The molecule has 1 N–H and O–H groups in total. The number of hydrogen-bond donors (Lipinski definition) is 1. The third kappa shape index (κ3) is 3.03. The van der Waals surface area contributed by atoms with Gasteiger partial charge < -0.3 is 5.11 Å². The Hall–Kier alpha value is -2.41. The molecule has 0 amide bonds. The molecule has 21 heavy (non-hydrogen) atoms. The Kier molecular flexibility index (Phi) is 3.95. The fourth-order valence-corrected chi connectivity index (χ4v) is 2.92. The minimum absolute atomic E-state index is 0.224. The van der Waals surface area contributed by atoms with E-state index in [0.717, 1.165) is 16.6 Å². The van der Waals surface area contributed by atoms with E-state index in [2.05, 4.69) is 0 Å². The van der Waals surface area contributed by atoms with Gasteiger partial charge in [-0.2, -0.15) is 0 Å². The number of rotatable bonds is 4. The number of anilines is 2. The van der Waals surface area contributed by atoms with E-state index in [9.17, 15) is 17.6 Å². The van der Waals surface area contributed by atoms with Crippen LogP contribution in [0.4, 0.5) is 15.8 Å². The molecule has 7 heteroatoms. The summed E-state index contributed by atoms with van der Waals surface area (Å²) in [6.45, 7) is 0. The summed E-state index contributed by atoms with van der Waals surface area (Å²) in [6, 6.07) is 11.5. The van der Waals surface area contributed by atoms with Crippen LogP contribution in [-0.2, 0) is 10.0 Å². The van der Waals surface area contributed by atoms with E-state index < -0.39 is 27.4 Å². The average molecular weight is 309 g/mol. The van der Waals surface area contributed by atoms with E-state index in [1.54, 1.807) is 18.2 Å². The molecule has 0 saturated heterocycles. The summed E-state index contributed by atoms with van der Waals surface area (Å²) in [6.07, 6.45) is 0.923. The number of nitrogens with zero attached hydrogens (tertiary/aromatic N) is 1. The van der Waals surface area contributed by atoms with Crippen LogP contribution >= 0.6 is 0 Å². The van der Waals surface area contributed by atoms with Gasteiger partial charge >= 0.3 is 5.97 Å². The number of carbonyl (C=O) groups is 1. The second-order valence-corrected chi connectivity index (χ2v) is 6.14. The third-order valence-electron chi connectivity index (χ3n) is 2.75. The molecule has 2 rings (SSSR count). The van der Waals surface area contributed by atoms with Gasteiger partial charge in [-0.05, 0) is 24.3 Å². The van der Waals surface area contributed by atoms with Crippen molar-refractivity contribution in [2.75, 3.05) is 10.6 Å². The predicted molar refractivity (Wildman–Crippen MR) is 76.8 cm³/mol. The Bertz CT molecular complexity index is 775. The number of carboxylic acids is 1. The maximum absolute atomic E-state index is 14.3. The second-order valence-electron chi connectivity index (χ2n) is 4.31. The third-order valence-corrected chi connectivity index (χ3v) is 3.82. The molecule has 0 atom stereocenters. The highest BCUT2D eigenvalue weighted by molar-refractivity contribution is 7.92. The Morgan fingerprint density at radius 3 is 2.24 bits per heavy atom. The standard InChI is InChI=1S/C14H12FNO4S/c1-21(19,20)16(10-6-3-2-4-7-10)12-9-5-8-11(13(12)15)14(17)18/h2-9H,1H3,(H,17,18). The number of benzene rings is 2. The maximum atomic E-state index is 14.3. The molecule has 0 aromatic heterocycles. The quantitative estimate of drug-likeness (QED) is 0.942. The summed E-state index contributed by atoms with van der Waals surface area (Å²) in [7, 11) is -3.84. The predicted octanol–water partition coefficient (Wildman–Crippen LogP) is 2.62. The molecule has 110 valence electrons. The summed E-state index contributed by atoms with van der Waals surface area (Å²) in [5.41, 5.74) is -0.692. The maximum Gasteiger partial charge on any atom is 0.338 e. The normalized spacial score (nSPS) is 11.1. The molecule has 0 bridgehead atoms. The lowest BCUT2D eigenvalue weighted by Gasteiger charge is -2.23. The summed E-state index contributed by atoms with van der Waals surface area (Å²) in [5.74, 6) is -2.56. The van der Waals surface area contributed by atoms with Crippen molar-refractivity contribution in [2.45, 2.75) is 0 Å². The molecule has 0 aliphatic rings. The number of hydrogen-bond acceptors (Lipinski definition) is 3. The van der Waals surface area contributed by atoms with Gasteiger partial charge in [0.2, 0.25) is 10.0 Å². The van der Waals surface area contributed by atoms with Crippen molar-refractivity contribution < 1.29 is 22.7 Å². The molecule has 0 fully saturated rings. The van der Waals surface area contributed by atoms with Crippen LogP contribution in [0.15, 0.2) is 48.5 Å². The Morgan fingerprint density at radius 2 is 1.71 bits per heavy atom. The fourth-order valence-electron chi connectivity index (χ4n) is 1.91. The monoisotopic (exact) mass is 309 g/mol. The molecular formula is C14H12FNO4S. The second kappa shape index (κ2) is 5.53. The average Bonchev–Trinajstić information content (AvgIpc) is 2.40. The first-order valence-corrected chi connectivity index (χ1v) is 7.74. The van der Waals surface area contributed by atoms with Crippen LogP contribution in [0.5, 0.6) is 0 Å². The van der Waals surface area contributed by atoms with Gasteiger partial charge in [-0.3, -0.25) is 0 Å². The van der Waals surface area contributed by atoms with Crippen molar-refractivity contribution in [1.82, 2.24) is 0 Å². The van der Waals surface area contributed by atoms with Crippen molar-refractivity contribution >= 4 is 27.4 Å². The molecule has 0 radical (unpaired) electrons. The molecule has 0 saturated carbocycles. The van der Waals surface area contributed by atoms with E-state index in [4.69, 9.17) is 5.11 Å². The first-order chi connectivity index (χ1) is 9.82. The lowest BCUT2D eigenvalue weighted by Crippen LogP contribution is -2.26. The topological polar surface area (TPSA) is 74.7 Å². The first-order valence-electron chi connectivity index (χ1n) is 5.89. The van der Waals surface area contributed by atoms with E-state index in [1.807, 2.05) is 0 Å². The van der Waals surface area contributed by atoms with Crippen LogP contribution in [0.25, 0.3) is 0 Å². The van der Waals surface area contributed by atoms with Crippen LogP contribution in [0.3, 0.4) is 0 Å². The molecule has 0 spiro atoms. The molecule has 2 aromatic carbocycles. The highest BCUT2D eigenvalue weighted by Crippen LogP contribution is 2.31. The molecule has 5 nitrogen and oxygen atoms in total. The molecule has 2 aromatic rings. The minimum Gasteiger partial charge on any atom is -0.478 e. The van der Waals surface area contributed by atoms with Crippen molar-refractivity contribution in [1.29, 1.82) is 0 Å². The van der Waals surface area contributed by atoms with Gasteiger partial charge in [0, 0.05) is 0 Å². The van der Waals surface area contributed by atoms with E-state index >= 15 is 0 Å². The number of carboxylic acid groups (broad SMARTS) is 1. The molecule has 0 unspecified atom stereocenters. The smallest absolute Gasteiger partial charge is 0.338 e. The van der Waals surface area contributed by atoms with Crippen molar-refractivity contribution in [3.63, 3.8) is 0 Å². The molecular weight excluding hydrogens is 297 g/mol. The number of sulfonamides is 1. The number of halogens is 1. The van der Waals surface area contributed by atoms with Gasteiger partial charge in [-0.25, -0.2) is 21.9 Å². The van der Waals surface area contributed by atoms with Gasteiger partial charge in [0.05, 0.1) is 23.2 Å². The van der Waals surface area contributed by atoms with Crippen molar-refractivity contribution in [2.24, 2.45) is 0 Å². The largest absolute Gasteiger partial charge is 0.478 e. The van der Waals surface area contributed by atoms with Crippen LogP contribution in [0, 0.1) is 5.82 Å². The lowest BCUT2D eigenvalue weighted by molar-refractivity contribution is 0.0692. The Balaban J connectivity index is 2.70. The van der Waals surface area contributed by atoms with Gasteiger partial charge in [0.1, 0.15) is 0 Å². The zero-order chi connectivity index (χ0) is 15.6. The van der Waals surface area contributed by atoms with E-state index in [-0.39, 0.29) is 11.4 Å². The zero-order valence-corrected chi connectivity index (χ0v) is 11.8. The fraction of sp³-hybridized carbons (Fsp3) is 0.0714. The van der Waals surface area contributed by atoms with Crippen LogP contribution < -0.4 is 4.31 Å². The highest BCUT2D eigenvalue weighted by atomic mass is 32.2. The van der Waals surface area contributed by atoms with Gasteiger partial charge in [0.25, 0.3) is 0 Å². The molecule has 0 aliphatic heterocycles. The van der Waals surface area contributed by atoms with E-state index in [0.29, 0.717) is 0 Å². The summed E-state index contributed by atoms with van der Waals surface area (Å²) in [4.78, 5) is 11.0. The molecule has 0 aliphatic carbocycles. The van der Waals surface area contributed by atoms with Crippen LogP contribution in [0.2, 0.25) is 0 Å². The minimum atomic E-state index is -3.84. The summed E-state index contributed by atoms with van der Waals surface area (Å²) >= 11 is 0. The summed E-state index contributed by atoms with van der Waals surface area (Å²) in [5, 5.41) is 8.94. The van der Waals surface area contributed by atoms with Gasteiger partial charge in [-0.1, -0.05) is 24.3 Å². The first kappa shape index (κ1) is 15.0. The van der Waals surface area contributed by atoms with E-state index in [1.165, 1.54) is 24.3 Å². The Morgan fingerprint density at radius 1 is 1.10 bits per heavy atom. The van der Waals surface area contributed by atoms with Gasteiger partial charge in [0.15, 0.2) is 5.82 Å². The number of para-hydroxylation sites is 1. The highest BCUT2D eigenvalue weighted by Gasteiger charge is 2.25. The van der Waals surface area contributed by atoms with Crippen molar-refractivity contribution in [3.8, 4) is 0 Å². The van der Waals surface area contributed by atoms with Crippen LogP contribution in [-0.4, -0.2) is 25.7 Å². The molecule has 0 heterocycles. The lowest BCUT2D eigenvalue weighted by atomic mass is 10.2. The SMILES string of the molecule is CS(=O)(=O)N(c1ccccc1)c1cccc(C(=O)O)c1F. The summed E-state index contributed by atoms with van der Waals surface area (Å²) < 4.78 is 39.0. The number of aromatic carboxylic acids is 1. The van der Waals surface area contributed by atoms with Gasteiger partial charge in [-0.15, -0.1) is 0 Å².